The highest BCUT2D eigenvalue weighted by molar-refractivity contribution is 7.80. The van der Waals surface area contributed by atoms with Gasteiger partial charge < -0.3 is 5.32 Å². The van der Waals surface area contributed by atoms with Gasteiger partial charge >= 0.3 is 0 Å². The van der Waals surface area contributed by atoms with Gasteiger partial charge in [-0.1, -0.05) is 24.4 Å². The fourth-order valence-electron chi connectivity index (χ4n) is 1.34. The van der Waals surface area contributed by atoms with E-state index in [1.807, 2.05) is 18.2 Å². The van der Waals surface area contributed by atoms with Crippen LogP contribution in [0.1, 0.15) is 6.42 Å². The van der Waals surface area contributed by atoms with Crippen molar-refractivity contribution in [2.45, 2.75) is 6.42 Å². The van der Waals surface area contributed by atoms with Gasteiger partial charge in [0, 0.05) is 11.3 Å². The van der Waals surface area contributed by atoms with Gasteiger partial charge in [0.15, 0.2) is 5.11 Å². The number of allylic oxidation sites excluding steroid dienone is 5. The van der Waals surface area contributed by atoms with E-state index in [-0.39, 0.29) is 5.91 Å². The van der Waals surface area contributed by atoms with E-state index in [0.29, 0.717) is 10.8 Å². The zero-order valence-electron chi connectivity index (χ0n) is 7.74. The van der Waals surface area contributed by atoms with Gasteiger partial charge in [-0.2, -0.15) is 0 Å². The summed E-state index contributed by atoms with van der Waals surface area (Å²) in [4.78, 5) is 12.2. The molecule has 1 heterocycles. The second-order valence-corrected chi connectivity index (χ2v) is 4.12. The molecule has 15 heavy (non-hydrogen) atoms. The molecule has 5 heteroatoms. The maximum absolute atomic E-state index is 11.3. The van der Waals surface area contributed by atoms with Crippen molar-refractivity contribution in [2.75, 3.05) is 0 Å². The highest BCUT2D eigenvalue weighted by Crippen LogP contribution is 2.12. The Morgan fingerprint density at radius 3 is 2.73 bits per heavy atom. The van der Waals surface area contributed by atoms with Crippen LogP contribution in [0, 0.1) is 0 Å². The second-order valence-electron chi connectivity index (χ2n) is 3.18. The summed E-state index contributed by atoms with van der Waals surface area (Å²) in [5.41, 5.74) is 1.37. The van der Waals surface area contributed by atoms with Crippen LogP contribution in [0.2, 0.25) is 0 Å². The van der Waals surface area contributed by atoms with Crippen molar-refractivity contribution < 1.29 is 4.79 Å². The third kappa shape index (κ3) is 2.37. The van der Waals surface area contributed by atoms with E-state index in [0.717, 1.165) is 16.9 Å². The Kier molecular flexibility index (Phi) is 2.75. The van der Waals surface area contributed by atoms with E-state index in [1.54, 1.807) is 6.08 Å². The molecule has 0 bridgehead atoms. The molecule has 1 fully saturated rings. The van der Waals surface area contributed by atoms with Gasteiger partial charge in [0.05, 0.1) is 0 Å². The van der Waals surface area contributed by atoms with Gasteiger partial charge in [0.1, 0.15) is 5.70 Å². The molecule has 0 aromatic carbocycles. The first-order valence-corrected chi connectivity index (χ1v) is 5.22. The summed E-state index contributed by atoms with van der Waals surface area (Å²) >= 11 is 9.89. The minimum Gasteiger partial charge on any atom is -0.328 e. The number of amides is 1. The molecule has 0 unspecified atom stereocenters. The molecule has 0 saturated carbocycles. The van der Waals surface area contributed by atoms with Crippen LogP contribution in [-0.4, -0.2) is 15.9 Å². The van der Waals surface area contributed by atoms with Crippen molar-refractivity contribution in [1.82, 2.24) is 10.6 Å². The summed E-state index contributed by atoms with van der Waals surface area (Å²) in [6, 6.07) is 0. The van der Waals surface area contributed by atoms with E-state index in [9.17, 15) is 4.79 Å². The third-order valence-corrected chi connectivity index (χ3v) is 2.48. The van der Waals surface area contributed by atoms with Crippen molar-refractivity contribution >= 4 is 40.3 Å². The largest absolute Gasteiger partial charge is 0.328 e. The second kappa shape index (κ2) is 4.04. The van der Waals surface area contributed by atoms with Gasteiger partial charge in [-0.15, -0.1) is 0 Å². The fourth-order valence-corrected chi connectivity index (χ4v) is 1.78. The Bertz CT molecular complexity index is 446. The number of hydrogen-bond donors (Lipinski definition) is 2. The molecule has 1 amide bonds. The number of hydrogen-bond acceptors (Lipinski definition) is 3. The smallest absolute Gasteiger partial charge is 0.273 e. The van der Waals surface area contributed by atoms with Crippen LogP contribution in [0.3, 0.4) is 0 Å². The number of carbonyl (C=O) groups is 1. The van der Waals surface area contributed by atoms with Gasteiger partial charge in [-0.25, -0.2) is 0 Å². The highest BCUT2D eigenvalue weighted by Gasteiger charge is 2.20. The lowest BCUT2D eigenvalue weighted by Gasteiger charge is -2.03. The van der Waals surface area contributed by atoms with E-state index < -0.39 is 0 Å². The first-order chi connectivity index (χ1) is 7.15. The lowest BCUT2D eigenvalue weighted by atomic mass is 10.1. The normalized spacial score (nSPS) is 22.8. The Morgan fingerprint density at radius 1 is 1.33 bits per heavy atom. The van der Waals surface area contributed by atoms with Crippen molar-refractivity contribution in [2.24, 2.45) is 0 Å². The van der Waals surface area contributed by atoms with Crippen LogP contribution in [-0.2, 0) is 4.79 Å². The zero-order chi connectivity index (χ0) is 10.8. The van der Waals surface area contributed by atoms with Crippen LogP contribution >= 0.6 is 24.4 Å². The minimum atomic E-state index is -0.203. The predicted molar refractivity (Wildman–Crippen MR) is 66.4 cm³/mol. The summed E-state index contributed by atoms with van der Waals surface area (Å²) in [6.45, 7) is 0. The summed E-state index contributed by atoms with van der Waals surface area (Å²) in [5.74, 6) is -0.203. The summed E-state index contributed by atoms with van der Waals surface area (Å²) in [6.07, 6.45) is 8.30. The summed E-state index contributed by atoms with van der Waals surface area (Å²) in [5, 5.41) is 5.62. The highest BCUT2D eigenvalue weighted by atomic mass is 32.1. The molecular formula is C10H8N2OS2. The Hall–Kier alpha value is -1.33. The van der Waals surface area contributed by atoms with Gasteiger partial charge in [-0.05, 0) is 29.9 Å². The van der Waals surface area contributed by atoms with E-state index in [4.69, 9.17) is 24.4 Å². The zero-order valence-corrected chi connectivity index (χ0v) is 9.37. The maximum atomic E-state index is 11.3. The van der Waals surface area contributed by atoms with Gasteiger partial charge in [0.2, 0.25) is 0 Å². The molecule has 2 N–H and O–H groups in total. The van der Waals surface area contributed by atoms with Crippen molar-refractivity contribution in [3.05, 3.63) is 35.6 Å². The molecule has 0 spiro atoms. The maximum Gasteiger partial charge on any atom is 0.273 e. The monoisotopic (exact) mass is 236 g/mol. The van der Waals surface area contributed by atoms with Crippen molar-refractivity contribution in [3.63, 3.8) is 0 Å². The topological polar surface area (TPSA) is 41.1 Å². The molecule has 0 radical (unpaired) electrons. The Labute approximate surface area is 97.9 Å². The number of thiocarbonyl (C=S) groups is 2. The molecule has 2 aliphatic rings. The van der Waals surface area contributed by atoms with Crippen molar-refractivity contribution in [1.29, 1.82) is 0 Å². The Balaban J connectivity index is 2.23. The van der Waals surface area contributed by atoms with Crippen LogP contribution in [0.5, 0.6) is 0 Å². The predicted octanol–water partition coefficient (Wildman–Crippen LogP) is 1.13. The van der Waals surface area contributed by atoms with Crippen LogP contribution in [0.15, 0.2) is 35.6 Å². The molecule has 76 valence electrons. The van der Waals surface area contributed by atoms with Crippen LogP contribution < -0.4 is 10.6 Å². The lowest BCUT2D eigenvalue weighted by Crippen LogP contribution is -2.21. The van der Waals surface area contributed by atoms with E-state index >= 15 is 0 Å². The van der Waals surface area contributed by atoms with E-state index in [1.165, 1.54) is 0 Å². The number of nitrogens with one attached hydrogen (secondary N) is 2. The Morgan fingerprint density at radius 2 is 2.13 bits per heavy atom. The minimum absolute atomic E-state index is 0.203. The quantitative estimate of drug-likeness (QED) is 0.529. The first kappa shape index (κ1) is 10.2. The SMILES string of the molecule is O=C1NC(=S)NC1=CC1=CC(=S)CC=C1. The molecule has 0 atom stereocenters. The average molecular weight is 236 g/mol. The third-order valence-electron chi connectivity index (χ3n) is 1.99. The molecule has 0 aromatic rings. The lowest BCUT2D eigenvalue weighted by molar-refractivity contribution is -0.115. The molecule has 1 saturated heterocycles. The fraction of sp³-hybridized carbons (Fsp3) is 0.100. The van der Waals surface area contributed by atoms with Crippen molar-refractivity contribution in [3.8, 4) is 0 Å². The first-order valence-electron chi connectivity index (χ1n) is 4.40. The average Bonchev–Trinajstić information content (AvgIpc) is 2.45. The van der Waals surface area contributed by atoms with Crippen LogP contribution in [0.4, 0.5) is 0 Å². The molecule has 3 nitrogen and oxygen atoms in total. The van der Waals surface area contributed by atoms with Gasteiger partial charge in [0.25, 0.3) is 5.91 Å². The molecule has 1 aliphatic heterocycles. The standard InChI is InChI=1S/C10H8N2OS2/c13-9-8(11-10(15)12-9)5-6-2-1-3-7(14)4-6/h1-2,4-5H,3H2,(H2,11,12,13,15). The number of rotatable bonds is 1. The van der Waals surface area contributed by atoms with Crippen LogP contribution in [0.25, 0.3) is 0 Å². The molecule has 1 aliphatic carbocycles. The summed E-state index contributed by atoms with van der Waals surface area (Å²) in [7, 11) is 0. The van der Waals surface area contributed by atoms with Gasteiger partial charge in [-0.3, -0.25) is 10.1 Å². The molecule has 0 aromatic heterocycles. The number of carbonyl (C=O) groups excluding carboxylic acids is 1. The van der Waals surface area contributed by atoms with E-state index in [2.05, 4.69) is 10.6 Å². The molecular weight excluding hydrogens is 228 g/mol. The molecule has 2 rings (SSSR count). The summed E-state index contributed by atoms with van der Waals surface area (Å²) < 4.78 is 0.